The van der Waals surface area contributed by atoms with Gasteiger partial charge in [-0.15, -0.1) is 0 Å². The number of aromatic hydroxyl groups is 1. The second-order valence-electron chi connectivity index (χ2n) is 3.41. The first-order valence-corrected chi connectivity index (χ1v) is 4.39. The molecule has 0 heterocycles. The lowest BCUT2D eigenvalue weighted by Crippen LogP contribution is -2.30. The van der Waals surface area contributed by atoms with Crippen LogP contribution in [-0.2, 0) is 12.8 Å². The highest BCUT2D eigenvalue weighted by molar-refractivity contribution is 6.59. The standard InChI is InChI=1S/C9H11BO3/c11-9-5-7-3-1-2-6(7)4-8(9)10(12)13/h4-5,11-13H,1-3H2. The van der Waals surface area contributed by atoms with Crippen LogP contribution in [-0.4, -0.2) is 22.3 Å². The Morgan fingerprint density at radius 2 is 1.69 bits per heavy atom. The van der Waals surface area contributed by atoms with Crippen LogP contribution in [0.2, 0.25) is 0 Å². The molecule has 4 heteroatoms. The second kappa shape index (κ2) is 3.05. The van der Waals surface area contributed by atoms with Gasteiger partial charge in [0.05, 0.1) is 0 Å². The Balaban J connectivity index is 2.49. The van der Waals surface area contributed by atoms with E-state index in [0.29, 0.717) is 0 Å². The zero-order chi connectivity index (χ0) is 9.42. The average molecular weight is 178 g/mol. The minimum absolute atomic E-state index is 0.0179. The molecule has 1 aromatic carbocycles. The molecule has 1 aliphatic rings. The summed E-state index contributed by atoms with van der Waals surface area (Å²) in [6.45, 7) is 0. The van der Waals surface area contributed by atoms with E-state index in [4.69, 9.17) is 10.0 Å². The van der Waals surface area contributed by atoms with Crippen LogP contribution in [0.3, 0.4) is 0 Å². The molecule has 0 fully saturated rings. The number of hydrogen-bond acceptors (Lipinski definition) is 3. The number of rotatable bonds is 1. The molecule has 2 rings (SSSR count). The third-order valence-electron chi connectivity index (χ3n) is 2.52. The van der Waals surface area contributed by atoms with Crippen molar-refractivity contribution in [3.8, 4) is 5.75 Å². The van der Waals surface area contributed by atoms with Crippen molar-refractivity contribution >= 4 is 12.6 Å². The summed E-state index contributed by atoms with van der Waals surface area (Å²) in [5, 5.41) is 27.3. The van der Waals surface area contributed by atoms with Crippen molar-refractivity contribution in [3.05, 3.63) is 23.3 Å². The van der Waals surface area contributed by atoms with Crippen molar-refractivity contribution in [2.75, 3.05) is 0 Å². The maximum Gasteiger partial charge on any atom is 0.492 e. The molecule has 3 nitrogen and oxygen atoms in total. The van der Waals surface area contributed by atoms with Gasteiger partial charge in [-0.1, -0.05) is 6.07 Å². The predicted octanol–water partition coefficient (Wildman–Crippen LogP) is -0.439. The molecule has 0 spiro atoms. The summed E-state index contributed by atoms with van der Waals surface area (Å²) >= 11 is 0. The van der Waals surface area contributed by atoms with Gasteiger partial charge in [-0.25, -0.2) is 0 Å². The molecule has 0 atom stereocenters. The highest BCUT2D eigenvalue weighted by atomic mass is 16.4. The average Bonchev–Trinajstić information content (AvgIpc) is 2.48. The molecule has 0 saturated heterocycles. The van der Waals surface area contributed by atoms with Gasteiger partial charge in [0.25, 0.3) is 0 Å². The first-order chi connectivity index (χ1) is 6.18. The van der Waals surface area contributed by atoms with E-state index in [0.717, 1.165) is 30.4 Å². The summed E-state index contributed by atoms with van der Waals surface area (Å²) in [5.41, 5.74) is 2.46. The van der Waals surface area contributed by atoms with Gasteiger partial charge in [0, 0.05) is 5.46 Å². The monoisotopic (exact) mass is 178 g/mol. The molecule has 0 saturated carbocycles. The van der Waals surface area contributed by atoms with E-state index < -0.39 is 7.12 Å². The summed E-state index contributed by atoms with van der Waals surface area (Å²) in [4.78, 5) is 0. The topological polar surface area (TPSA) is 60.7 Å². The minimum Gasteiger partial charge on any atom is -0.508 e. The zero-order valence-electron chi connectivity index (χ0n) is 7.20. The molecule has 3 N–H and O–H groups in total. The lowest BCUT2D eigenvalue weighted by atomic mass is 9.78. The van der Waals surface area contributed by atoms with E-state index in [2.05, 4.69) is 0 Å². The van der Waals surface area contributed by atoms with Crippen LogP contribution in [0.4, 0.5) is 0 Å². The highest BCUT2D eigenvalue weighted by Crippen LogP contribution is 2.24. The van der Waals surface area contributed by atoms with Crippen molar-refractivity contribution < 1.29 is 15.2 Å². The SMILES string of the molecule is OB(O)c1cc2c(cc1O)CCC2. The molecule has 13 heavy (non-hydrogen) atoms. The van der Waals surface area contributed by atoms with Gasteiger partial charge < -0.3 is 15.2 Å². The number of phenolic OH excluding ortho intramolecular Hbond substituents is 1. The Morgan fingerprint density at radius 3 is 2.31 bits per heavy atom. The van der Waals surface area contributed by atoms with Crippen LogP contribution in [0.5, 0.6) is 5.75 Å². The molecule has 0 radical (unpaired) electrons. The van der Waals surface area contributed by atoms with Gasteiger partial charge in [0.1, 0.15) is 5.75 Å². The Labute approximate surface area is 76.8 Å². The summed E-state index contributed by atoms with van der Waals surface area (Å²) in [5.74, 6) is -0.0179. The maximum absolute atomic E-state index is 9.43. The molecule has 68 valence electrons. The van der Waals surface area contributed by atoms with Gasteiger partial charge in [-0.2, -0.15) is 0 Å². The number of fused-ring (bicyclic) bond motifs is 1. The number of hydrogen-bond donors (Lipinski definition) is 3. The van der Waals surface area contributed by atoms with Crippen LogP contribution in [0.15, 0.2) is 12.1 Å². The smallest absolute Gasteiger partial charge is 0.492 e. The van der Waals surface area contributed by atoms with E-state index in [-0.39, 0.29) is 11.2 Å². The Hall–Kier alpha value is -0.995. The van der Waals surface area contributed by atoms with Gasteiger partial charge >= 0.3 is 7.12 Å². The molecule has 0 amide bonds. The molecular formula is C9H11BO3. The van der Waals surface area contributed by atoms with Crippen LogP contribution in [0, 0.1) is 0 Å². The number of aryl methyl sites for hydroxylation is 2. The first-order valence-electron chi connectivity index (χ1n) is 4.39. The van der Waals surface area contributed by atoms with E-state index >= 15 is 0 Å². The highest BCUT2D eigenvalue weighted by Gasteiger charge is 2.20. The second-order valence-corrected chi connectivity index (χ2v) is 3.41. The fourth-order valence-corrected chi connectivity index (χ4v) is 1.84. The first kappa shape index (κ1) is 8.60. The lowest BCUT2D eigenvalue weighted by Gasteiger charge is -2.06. The van der Waals surface area contributed by atoms with Crippen LogP contribution < -0.4 is 5.46 Å². The van der Waals surface area contributed by atoms with Crippen molar-refractivity contribution in [3.63, 3.8) is 0 Å². The van der Waals surface area contributed by atoms with E-state index in [1.807, 2.05) is 0 Å². The Morgan fingerprint density at radius 1 is 1.08 bits per heavy atom. The van der Waals surface area contributed by atoms with Gasteiger partial charge in [0.15, 0.2) is 0 Å². The lowest BCUT2D eigenvalue weighted by molar-refractivity contribution is 0.419. The van der Waals surface area contributed by atoms with Crippen molar-refractivity contribution in [1.82, 2.24) is 0 Å². The van der Waals surface area contributed by atoms with E-state index in [1.165, 1.54) is 0 Å². The fourth-order valence-electron chi connectivity index (χ4n) is 1.84. The summed E-state index contributed by atoms with van der Waals surface area (Å²) in [7, 11) is -1.58. The van der Waals surface area contributed by atoms with Crippen LogP contribution in [0.1, 0.15) is 17.5 Å². The van der Waals surface area contributed by atoms with E-state index in [1.54, 1.807) is 12.1 Å². The van der Waals surface area contributed by atoms with Crippen LogP contribution >= 0.6 is 0 Å². The third kappa shape index (κ3) is 1.43. The van der Waals surface area contributed by atoms with Crippen molar-refractivity contribution in [2.24, 2.45) is 0 Å². The third-order valence-corrected chi connectivity index (χ3v) is 2.52. The molecule has 0 bridgehead atoms. The van der Waals surface area contributed by atoms with Crippen LogP contribution in [0.25, 0.3) is 0 Å². The van der Waals surface area contributed by atoms with E-state index in [9.17, 15) is 5.11 Å². The number of phenols is 1. The summed E-state index contributed by atoms with van der Waals surface area (Å²) in [6.07, 6.45) is 3.03. The van der Waals surface area contributed by atoms with Gasteiger partial charge in [-0.3, -0.25) is 0 Å². The minimum atomic E-state index is -1.58. The zero-order valence-corrected chi connectivity index (χ0v) is 7.20. The van der Waals surface area contributed by atoms with Crippen molar-refractivity contribution in [2.45, 2.75) is 19.3 Å². The summed E-state index contributed by atoms with van der Waals surface area (Å²) in [6, 6.07) is 3.32. The molecule has 1 aromatic rings. The molecule has 1 aliphatic carbocycles. The molecular weight excluding hydrogens is 167 g/mol. The van der Waals surface area contributed by atoms with Gasteiger partial charge in [0.2, 0.25) is 0 Å². The quantitative estimate of drug-likeness (QED) is 0.511. The summed E-state index contributed by atoms with van der Waals surface area (Å²) < 4.78 is 0. The van der Waals surface area contributed by atoms with Gasteiger partial charge in [-0.05, 0) is 36.5 Å². The molecule has 0 unspecified atom stereocenters. The molecule has 0 aromatic heterocycles. The Kier molecular flexibility index (Phi) is 2.02. The fraction of sp³-hybridized carbons (Fsp3) is 0.333. The normalized spacial score (nSPS) is 14.3. The maximum atomic E-state index is 9.43. The number of benzene rings is 1. The Bertz CT molecular complexity index is 336. The molecule has 0 aliphatic heterocycles. The van der Waals surface area contributed by atoms with Crippen molar-refractivity contribution in [1.29, 1.82) is 0 Å². The largest absolute Gasteiger partial charge is 0.508 e. The predicted molar refractivity (Wildman–Crippen MR) is 50.0 cm³/mol.